The number of nitrogens with one attached hydrogen (secondary N) is 2. The van der Waals surface area contributed by atoms with Crippen molar-refractivity contribution < 1.29 is 14.3 Å². The molecule has 118 valence electrons. The molecule has 2 N–H and O–H groups in total. The molecule has 0 saturated carbocycles. The molecule has 0 aliphatic rings. The Labute approximate surface area is 141 Å². The number of ether oxygens (including phenoxy) is 1. The fraction of sp³-hybridized carbons (Fsp3) is 0.188. The van der Waals surface area contributed by atoms with Gasteiger partial charge in [0.05, 0.1) is 25.7 Å². The number of methoxy groups -OCH3 is 1. The number of hydrogen-bond acceptors (Lipinski definition) is 5. The molecular formula is C16H14BrN3O3. The zero-order valence-corrected chi connectivity index (χ0v) is 13.9. The summed E-state index contributed by atoms with van der Waals surface area (Å²) < 4.78 is 5.56. The van der Waals surface area contributed by atoms with Crippen molar-refractivity contribution in [3.63, 3.8) is 0 Å². The van der Waals surface area contributed by atoms with Crippen LogP contribution in [0.25, 0.3) is 10.9 Å². The Bertz CT molecular complexity index is 799. The number of halogens is 1. The van der Waals surface area contributed by atoms with Crippen LogP contribution in [0.4, 0.5) is 5.69 Å². The van der Waals surface area contributed by atoms with E-state index in [1.54, 1.807) is 12.1 Å². The molecule has 1 aromatic carbocycles. The van der Waals surface area contributed by atoms with Crippen LogP contribution >= 0.6 is 15.9 Å². The van der Waals surface area contributed by atoms with Crippen LogP contribution in [0.2, 0.25) is 0 Å². The summed E-state index contributed by atoms with van der Waals surface area (Å²) in [6, 6.07) is 7.00. The number of rotatable bonds is 5. The van der Waals surface area contributed by atoms with E-state index in [-0.39, 0.29) is 24.7 Å². The summed E-state index contributed by atoms with van der Waals surface area (Å²) in [6.45, 7) is 0.185. The average Bonchev–Trinajstić information content (AvgIpc) is 2.56. The topological polar surface area (TPSA) is 80.3 Å². The molecule has 0 aliphatic carbocycles. The summed E-state index contributed by atoms with van der Waals surface area (Å²) in [5, 5.41) is 6.32. The zero-order valence-electron chi connectivity index (χ0n) is 12.4. The van der Waals surface area contributed by atoms with Gasteiger partial charge in [-0.15, -0.1) is 6.42 Å². The molecule has 1 heterocycles. The quantitative estimate of drug-likeness (QED) is 0.616. The van der Waals surface area contributed by atoms with E-state index in [0.717, 1.165) is 9.86 Å². The molecule has 2 aromatic rings. The lowest BCUT2D eigenvalue weighted by Crippen LogP contribution is -2.30. The van der Waals surface area contributed by atoms with Gasteiger partial charge >= 0.3 is 5.97 Å². The first-order valence-electron chi connectivity index (χ1n) is 6.68. The fourth-order valence-corrected chi connectivity index (χ4v) is 2.30. The van der Waals surface area contributed by atoms with Crippen molar-refractivity contribution in [2.24, 2.45) is 0 Å². The van der Waals surface area contributed by atoms with Crippen molar-refractivity contribution in [1.29, 1.82) is 0 Å². The Hall–Kier alpha value is -2.59. The largest absolute Gasteiger partial charge is 0.464 e. The number of aromatic nitrogens is 1. The average molecular weight is 376 g/mol. The number of hydrogen-bond donors (Lipinski definition) is 2. The van der Waals surface area contributed by atoms with Crippen molar-refractivity contribution in [2.75, 3.05) is 25.5 Å². The number of nitrogens with zero attached hydrogens (tertiary/aromatic N) is 1. The third-order valence-corrected chi connectivity index (χ3v) is 3.49. The highest BCUT2D eigenvalue weighted by molar-refractivity contribution is 9.10. The fourth-order valence-electron chi connectivity index (χ4n) is 1.94. The molecule has 0 atom stereocenters. The van der Waals surface area contributed by atoms with Gasteiger partial charge in [-0.2, -0.15) is 0 Å². The Kier molecular flexibility index (Phi) is 5.55. The van der Waals surface area contributed by atoms with E-state index in [0.29, 0.717) is 11.2 Å². The van der Waals surface area contributed by atoms with Gasteiger partial charge < -0.3 is 15.4 Å². The lowest BCUT2D eigenvalue weighted by molar-refractivity contribution is -0.119. The second-order valence-electron chi connectivity index (χ2n) is 4.54. The van der Waals surface area contributed by atoms with Crippen LogP contribution in [0, 0.1) is 12.3 Å². The second-order valence-corrected chi connectivity index (χ2v) is 5.46. The van der Waals surface area contributed by atoms with Crippen molar-refractivity contribution in [3.8, 4) is 12.3 Å². The first-order chi connectivity index (χ1) is 11.0. The third kappa shape index (κ3) is 4.20. The maximum atomic E-state index is 11.7. The van der Waals surface area contributed by atoms with E-state index >= 15 is 0 Å². The summed E-state index contributed by atoms with van der Waals surface area (Å²) in [5.41, 5.74) is 1.38. The highest BCUT2D eigenvalue weighted by atomic mass is 79.9. The van der Waals surface area contributed by atoms with Crippen LogP contribution in [0.1, 0.15) is 10.5 Å². The number of terminal acetylenes is 1. The predicted molar refractivity (Wildman–Crippen MR) is 91.1 cm³/mol. The number of amides is 1. The Morgan fingerprint density at radius 2 is 2.17 bits per heavy atom. The highest BCUT2D eigenvalue weighted by Gasteiger charge is 2.13. The van der Waals surface area contributed by atoms with Crippen LogP contribution in [-0.4, -0.2) is 37.1 Å². The molecule has 1 aromatic heterocycles. The van der Waals surface area contributed by atoms with Gasteiger partial charge in [-0.1, -0.05) is 21.9 Å². The van der Waals surface area contributed by atoms with Gasteiger partial charge in [-0.05, 0) is 24.3 Å². The normalized spacial score (nSPS) is 9.96. The maximum Gasteiger partial charge on any atom is 0.356 e. The van der Waals surface area contributed by atoms with Gasteiger partial charge in [-0.25, -0.2) is 9.78 Å². The molecule has 23 heavy (non-hydrogen) atoms. The third-order valence-electron chi connectivity index (χ3n) is 2.99. The predicted octanol–water partition coefficient (Wildman–Crippen LogP) is 1.95. The standard InChI is InChI=1S/C16H14BrN3O3/c1-3-6-18-15(21)9-19-13-8-14(16(22)23-2)20-12-5-4-10(17)7-11(12)13/h1,4-5,7-8H,6,9H2,2H3,(H,18,21)(H,19,20). The molecule has 0 bridgehead atoms. The number of anilines is 1. The molecule has 6 nitrogen and oxygen atoms in total. The molecule has 0 aliphatic heterocycles. The summed E-state index contributed by atoms with van der Waals surface area (Å²) >= 11 is 3.39. The number of fused-ring (bicyclic) bond motifs is 1. The van der Waals surface area contributed by atoms with Crippen molar-refractivity contribution in [1.82, 2.24) is 10.3 Å². The van der Waals surface area contributed by atoms with Gasteiger partial charge in [0, 0.05) is 15.5 Å². The van der Waals surface area contributed by atoms with Crippen molar-refractivity contribution in [3.05, 3.63) is 34.4 Å². The first kappa shape index (κ1) is 16.8. The molecule has 0 saturated heterocycles. The lowest BCUT2D eigenvalue weighted by Gasteiger charge is -2.11. The molecule has 0 fully saturated rings. The van der Waals surface area contributed by atoms with Crippen LogP contribution < -0.4 is 10.6 Å². The van der Waals surface area contributed by atoms with E-state index in [2.05, 4.69) is 37.5 Å². The second kappa shape index (κ2) is 7.61. The molecule has 7 heteroatoms. The molecule has 2 rings (SSSR count). The minimum Gasteiger partial charge on any atom is -0.464 e. The number of benzene rings is 1. The van der Waals surface area contributed by atoms with E-state index in [1.165, 1.54) is 7.11 Å². The number of carbonyl (C=O) groups is 2. The SMILES string of the molecule is C#CCNC(=O)CNc1cc(C(=O)OC)nc2ccc(Br)cc12. The molecule has 0 spiro atoms. The van der Waals surface area contributed by atoms with Crippen LogP contribution in [0.5, 0.6) is 0 Å². The van der Waals surface area contributed by atoms with Crippen LogP contribution in [-0.2, 0) is 9.53 Å². The van der Waals surface area contributed by atoms with E-state index in [9.17, 15) is 9.59 Å². The van der Waals surface area contributed by atoms with E-state index < -0.39 is 5.97 Å². The Balaban J connectivity index is 2.35. The number of pyridine rings is 1. The van der Waals surface area contributed by atoms with E-state index in [4.69, 9.17) is 11.2 Å². The van der Waals surface area contributed by atoms with Gasteiger partial charge in [0.15, 0.2) is 5.69 Å². The Morgan fingerprint density at radius 3 is 2.87 bits per heavy atom. The lowest BCUT2D eigenvalue weighted by atomic mass is 10.1. The van der Waals surface area contributed by atoms with Crippen LogP contribution in [0.15, 0.2) is 28.7 Å². The summed E-state index contributed by atoms with van der Waals surface area (Å²) in [6.07, 6.45) is 5.09. The summed E-state index contributed by atoms with van der Waals surface area (Å²) in [5.74, 6) is 1.53. The Morgan fingerprint density at radius 1 is 1.39 bits per heavy atom. The van der Waals surface area contributed by atoms with Crippen LogP contribution in [0.3, 0.4) is 0 Å². The highest BCUT2D eigenvalue weighted by Crippen LogP contribution is 2.26. The molecule has 1 amide bonds. The number of esters is 1. The zero-order chi connectivity index (χ0) is 16.8. The van der Waals surface area contributed by atoms with Gasteiger partial charge in [0.2, 0.25) is 5.91 Å². The smallest absolute Gasteiger partial charge is 0.356 e. The molecular weight excluding hydrogens is 362 g/mol. The minimum atomic E-state index is -0.547. The van der Waals surface area contributed by atoms with Gasteiger partial charge in [0.1, 0.15) is 0 Å². The maximum absolute atomic E-state index is 11.7. The summed E-state index contributed by atoms with van der Waals surface area (Å²) in [7, 11) is 1.29. The van der Waals surface area contributed by atoms with Crippen molar-refractivity contribution in [2.45, 2.75) is 0 Å². The van der Waals surface area contributed by atoms with Crippen molar-refractivity contribution >= 4 is 44.4 Å². The summed E-state index contributed by atoms with van der Waals surface area (Å²) in [4.78, 5) is 27.7. The van der Waals surface area contributed by atoms with E-state index in [1.807, 2.05) is 12.1 Å². The first-order valence-corrected chi connectivity index (χ1v) is 7.47. The van der Waals surface area contributed by atoms with Gasteiger partial charge in [0.25, 0.3) is 0 Å². The monoisotopic (exact) mass is 375 g/mol. The number of carbonyl (C=O) groups excluding carboxylic acids is 2. The molecule has 0 radical (unpaired) electrons. The molecule has 0 unspecified atom stereocenters. The minimum absolute atomic E-state index is 0.0217. The van der Waals surface area contributed by atoms with Gasteiger partial charge in [-0.3, -0.25) is 4.79 Å².